The summed E-state index contributed by atoms with van der Waals surface area (Å²) in [4.78, 5) is 28.1. The highest BCUT2D eigenvalue weighted by Gasteiger charge is 2.30. The topological polar surface area (TPSA) is 49.4 Å². The fourth-order valence-corrected chi connectivity index (χ4v) is 3.84. The molecule has 0 aliphatic heterocycles. The summed E-state index contributed by atoms with van der Waals surface area (Å²) in [7, 11) is 1.62. The number of nitrogens with zero attached hydrogens (tertiary/aromatic N) is 1. The molecule has 0 radical (unpaired) electrons. The van der Waals surface area contributed by atoms with Crippen molar-refractivity contribution in [3.63, 3.8) is 0 Å². The Labute approximate surface area is 192 Å². The molecule has 1 atom stereocenters. The van der Waals surface area contributed by atoms with Gasteiger partial charge in [-0.15, -0.1) is 0 Å². The van der Waals surface area contributed by atoms with Crippen molar-refractivity contribution in [2.75, 3.05) is 7.05 Å². The molecule has 5 heteroatoms. The minimum absolute atomic E-state index is 0.0678. The highest BCUT2D eigenvalue weighted by Crippen LogP contribution is 2.19. The summed E-state index contributed by atoms with van der Waals surface area (Å²) in [6, 6.07) is 24.9. The Balaban J connectivity index is 1.94. The summed E-state index contributed by atoms with van der Waals surface area (Å²) >= 11 is 3.46. The van der Waals surface area contributed by atoms with Gasteiger partial charge in [-0.05, 0) is 41.3 Å². The molecular formula is C26H27BrN2O2. The third-order valence-corrected chi connectivity index (χ3v) is 5.92. The number of carbonyl (C=O) groups is 2. The average molecular weight is 479 g/mol. The first-order chi connectivity index (χ1) is 15.0. The van der Waals surface area contributed by atoms with Gasteiger partial charge < -0.3 is 10.2 Å². The molecule has 3 aromatic carbocycles. The van der Waals surface area contributed by atoms with Crippen LogP contribution in [0, 0.1) is 6.92 Å². The number of nitrogens with one attached hydrogen (secondary N) is 1. The molecule has 0 unspecified atom stereocenters. The summed E-state index contributed by atoms with van der Waals surface area (Å²) in [6.45, 7) is 2.37. The fraction of sp³-hybridized carbons (Fsp3) is 0.231. The van der Waals surface area contributed by atoms with Gasteiger partial charge >= 0.3 is 0 Å². The molecule has 31 heavy (non-hydrogen) atoms. The molecule has 3 rings (SSSR count). The maximum absolute atomic E-state index is 13.5. The number of likely N-dealkylation sites (N-methyl/N-ethyl adjacent to an activating group) is 1. The Morgan fingerprint density at radius 3 is 2.19 bits per heavy atom. The molecular weight excluding hydrogens is 452 g/mol. The zero-order valence-electron chi connectivity index (χ0n) is 17.8. The van der Waals surface area contributed by atoms with Gasteiger partial charge in [-0.25, -0.2) is 0 Å². The maximum atomic E-state index is 13.5. The first-order valence-electron chi connectivity index (χ1n) is 10.3. The Kier molecular flexibility index (Phi) is 8.01. The van der Waals surface area contributed by atoms with Gasteiger partial charge in [0.15, 0.2) is 0 Å². The van der Waals surface area contributed by atoms with E-state index in [2.05, 4.69) is 21.2 Å². The first kappa shape index (κ1) is 22.8. The van der Waals surface area contributed by atoms with E-state index in [9.17, 15) is 9.59 Å². The van der Waals surface area contributed by atoms with E-state index in [1.165, 1.54) is 0 Å². The van der Waals surface area contributed by atoms with E-state index >= 15 is 0 Å². The second-order valence-electron chi connectivity index (χ2n) is 7.57. The summed E-state index contributed by atoms with van der Waals surface area (Å²) < 4.78 is 0.973. The molecule has 2 amide bonds. The van der Waals surface area contributed by atoms with Crippen molar-refractivity contribution >= 4 is 27.7 Å². The molecule has 0 saturated heterocycles. The van der Waals surface area contributed by atoms with Crippen LogP contribution in [0.2, 0.25) is 0 Å². The van der Waals surface area contributed by atoms with E-state index in [1.54, 1.807) is 11.9 Å². The summed E-state index contributed by atoms with van der Waals surface area (Å²) in [5.74, 6) is -0.235. The molecule has 0 spiro atoms. The number of aryl methyl sites for hydroxylation is 1. The molecule has 0 aliphatic rings. The number of hydrogen-bond donors (Lipinski definition) is 1. The highest BCUT2D eigenvalue weighted by atomic mass is 79.9. The molecule has 4 nitrogen and oxygen atoms in total. The van der Waals surface area contributed by atoms with Crippen LogP contribution in [0.3, 0.4) is 0 Å². The molecule has 0 saturated carbocycles. The third-order valence-electron chi connectivity index (χ3n) is 5.39. The van der Waals surface area contributed by atoms with Gasteiger partial charge in [0.05, 0.1) is 6.42 Å². The second kappa shape index (κ2) is 10.9. The van der Waals surface area contributed by atoms with Gasteiger partial charge in [0.1, 0.15) is 6.04 Å². The lowest BCUT2D eigenvalue weighted by molar-refractivity contribution is -0.140. The zero-order chi connectivity index (χ0) is 22.2. The maximum Gasteiger partial charge on any atom is 0.242 e. The number of hydrogen-bond acceptors (Lipinski definition) is 2. The SMILES string of the molecule is CNC(=O)[C@@H](Cc1ccccc1)N(Cc1ccc(Br)cc1)C(=O)Cc1ccccc1C. The van der Waals surface area contributed by atoms with E-state index in [1.807, 2.05) is 85.8 Å². The van der Waals surface area contributed by atoms with Crippen LogP contribution in [0.4, 0.5) is 0 Å². The van der Waals surface area contributed by atoms with Gasteiger partial charge in [0.25, 0.3) is 0 Å². The van der Waals surface area contributed by atoms with Crippen molar-refractivity contribution in [1.82, 2.24) is 10.2 Å². The van der Waals surface area contributed by atoms with Crippen molar-refractivity contribution in [3.05, 3.63) is 106 Å². The lowest BCUT2D eigenvalue weighted by Crippen LogP contribution is -2.50. The smallest absolute Gasteiger partial charge is 0.242 e. The molecule has 1 N–H and O–H groups in total. The van der Waals surface area contributed by atoms with Crippen LogP contribution in [-0.4, -0.2) is 29.8 Å². The van der Waals surface area contributed by atoms with Crippen molar-refractivity contribution < 1.29 is 9.59 Å². The Morgan fingerprint density at radius 1 is 0.903 bits per heavy atom. The number of carbonyl (C=O) groups excluding carboxylic acids is 2. The van der Waals surface area contributed by atoms with Crippen molar-refractivity contribution in [2.24, 2.45) is 0 Å². The average Bonchev–Trinajstić information content (AvgIpc) is 2.79. The monoisotopic (exact) mass is 478 g/mol. The number of benzene rings is 3. The van der Waals surface area contributed by atoms with Crippen LogP contribution in [0.15, 0.2) is 83.3 Å². The molecule has 0 heterocycles. The summed E-state index contributed by atoms with van der Waals surface area (Å²) in [6.07, 6.45) is 0.710. The predicted molar refractivity (Wildman–Crippen MR) is 128 cm³/mol. The van der Waals surface area contributed by atoms with E-state index in [0.717, 1.165) is 26.7 Å². The van der Waals surface area contributed by atoms with Gasteiger partial charge in [0, 0.05) is 24.5 Å². The highest BCUT2D eigenvalue weighted by molar-refractivity contribution is 9.10. The minimum Gasteiger partial charge on any atom is -0.357 e. The first-order valence-corrected chi connectivity index (χ1v) is 11.1. The van der Waals surface area contributed by atoms with Crippen LogP contribution >= 0.6 is 15.9 Å². The minimum atomic E-state index is -0.604. The number of amides is 2. The fourth-order valence-electron chi connectivity index (χ4n) is 3.58. The molecule has 160 valence electrons. The molecule has 0 aromatic heterocycles. The third kappa shape index (κ3) is 6.28. The lowest BCUT2D eigenvalue weighted by atomic mass is 10.0. The van der Waals surface area contributed by atoms with Crippen LogP contribution < -0.4 is 5.32 Å². The predicted octanol–water partition coefficient (Wildman–Crippen LogP) is 4.69. The second-order valence-corrected chi connectivity index (χ2v) is 8.49. The van der Waals surface area contributed by atoms with E-state index in [-0.39, 0.29) is 18.2 Å². The van der Waals surface area contributed by atoms with Crippen LogP contribution in [0.25, 0.3) is 0 Å². The van der Waals surface area contributed by atoms with E-state index in [4.69, 9.17) is 0 Å². The van der Waals surface area contributed by atoms with Crippen LogP contribution in [0.5, 0.6) is 0 Å². The van der Waals surface area contributed by atoms with Gasteiger partial charge in [-0.2, -0.15) is 0 Å². The van der Waals surface area contributed by atoms with Crippen molar-refractivity contribution in [2.45, 2.75) is 32.4 Å². The normalized spacial score (nSPS) is 11.6. The van der Waals surface area contributed by atoms with Crippen LogP contribution in [-0.2, 0) is 29.0 Å². The lowest BCUT2D eigenvalue weighted by Gasteiger charge is -2.31. The van der Waals surface area contributed by atoms with Crippen molar-refractivity contribution in [3.8, 4) is 0 Å². The summed E-state index contributed by atoms with van der Waals surface area (Å²) in [5.41, 5.74) is 4.03. The number of halogens is 1. The Morgan fingerprint density at radius 2 is 1.55 bits per heavy atom. The van der Waals surface area contributed by atoms with E-state index < -0.39 is 6.04 Å². The molecule has 3 aromatic rings. The number of rotatable bonds is 8. The largest absolute Gasteiger partial charge is 0.357 e. The molecule has 0 fully saturated rings. The molecule has 0 aliphatic carbocycles. The molecule has 0 bridgehead atoms. The zero-order valence-corrected chi connectivity index (χ0v) is 19.4. The summed E-state index contributed by atoms with van der Waals surface area (Å²) in [5, 5.41) is 2.75. The Hall–Kier alpha value is -2.92. The van der Waals surface area contributed by atoms with Gasteiger partial charge in [-0.1, -0.05) is 82.7 Å². The van der Waals surface area contributed by atoms with Crippen molar-refractivity contribution in [1.29, 1.82) is 0 Å². The Bertz CT molecular complexity index is 1020. The van der Waals surface area contributed by atoms with Gasteiger partial charge in [-0.3, -0.25) is 9.59 Å². The van der Waals surface area contributed by atoms with E-state index in [0.29, 0.717) is 13.0 Å². The van der Waals surface area contributed by atoms with Gasteiger partial charge in [0.2, 0.25) is 11.8 Å². The quantitative estimate of drug-likeness (QED) is 0.510. The van der Waals surface area contributed by atoms with Crippen LogP contribution in [0.1, 0.15) is 22.3 Å². The standard InChI is InChI=1S/C26H27BrN2O2/c1-19-8-6-7-11-22(19)17-25(30)29(18-21-12-14-23(27)15-13-21)24(26(31)28-2)16-20-9-4-3-5-10-20/h3-15,24H,16-18H2,1-2H3,(H,28,31)/t24-/m1/s1.